The minimum absolute atomic E-state index is 0.0265. The van der Waals surface area contributed by atoms with Gasteiger partial charge in [0.1, 0.15) is 11.5 Å². The molecule has 0 saturated carbocycles. The maximum atomic E-state index is 11.5. The van der Waals surface area contributed by atoms with Crippen molar-refractivity contribution in [2.24, 2.45) is 4.99 Å². The summed E-state index contributed by atoms with van der Waals surface area (Å²) in [6.07, 6.45) is 2.80. The molecule has 0 atom stereocenters. The van der Waals surface area contributed by atoms with Crippen LogP contribution in [0.5, 0.6) is 0 Å². The van der Waals surface area contributed by atoms with Crippen LogP contribution in [0.25, 0.3) is 0 Å². The Hall–Kier alpha value is -1.58. The first kappa shape index (κ1) is 12.5. The molecular weight excluding hydrogens is 204 g/mol. The van der Waals surface area contributed by atoms with E-state index < -0.39 is 0 Å². The zero-order valence-corrected chi connectivity index (χ0v) is 10.1. The van der Waals surface area contributed by atoms with Crippen LogP contribution < -0.4 is 5.32 Å². The Balaban J connectivity index is 2.99. The second kappa shape index (κ2) is 4.96. The number of carbonyl (C=O) groups is 1. The van der Waals surface area contributed by atoms with Crippen molar-refractivity contribution < 1.29 is 9.90 Å². The molecule has 1 aliphatic rings. The Kier molecular flexibility index (Phi) is 3.88. The SMILES string of the molecule is CC(C)N=C1C=C(NC(C)C)C(O)=CC1=O. The summed E-state index contributed by atoms with van der Waals surface area (Å²) >= 11 is 0. The van der Waals surface area contributed by atoms with E-state index in [9.17, 15) is 9.90 Å². The number of aliphatic hydroxyl groups is 1. The zero-order valence-electron chi connectivity index (χ0n) is 10.1. The standard InChI is InChI=1S/C12H18N2O2/c1-7(2)13-9-5-10(14-8(3)4)12(16)6-11(9)15/h5-8,13,15H,1-4H3. The average Bonchev–Trinajstić information content (AvgIpc) is 2.11. The van der Waals surface area contributed by atoms with Crippen LogP contribution in [0.3, 0.4) is 0 Å². The second-order valence-corrected chi connectivity index (χ2v) is 4.36. The Morgan fingerprint density at radius 3 is 2.38 bits per heavy atom. The molecule has 0 fully saturated rings. The Morgan fingerprint density at radius 2 is 1.88 bits per heavy atom. The number of rotatable bonds is 3. The van der Waals surface area contributed by atoms with E-state index in [0.29, 0.717) is 11.4 Å². The van der Waals surface area contributed by atoms with E-state index in [1.165, 1.54) is 6.08 Å². The van der Waals surface area contributed by atoms with Crippen LogP contribution in [0, 0.1) is 0 Å². The van der Waals surface area contributed by atoms with Crippen molar-refractivity contribution in [3.63, 3.8) is 0 Å². The third kappa shape index (κ3) is 3.22. The van der Waals surface area contributed by atoms with Crippen LogP contribution in [0.15, 0.2) is 28.6 Å². The summed E-state index contributed by atoms with van der Waals surface area (Å²) in [6, 6.07) is 0.249. The van der Waals surface area contributed by atoms with Gasteiger partial charge in [-0.3, -0.25) is 9.79 Å². The number of aliphatic hydroxyl groups excluding tert-OH is 1. The molecule has 0 bridgehead atoms. The molecule has 4 heteroatoms. The van der Waals surface area contributed by atoms with Crippen molar-refractivity contribution in [2.45, 2.75) is 39.8 Å². The minimum atomic E-state index is -0.250. The van der Waals surface area contributed by atoms with Gasteiger partial charge in [-0.05, 0) is 33.8 Å². The molecule has 88 valence electrons. The minimum Gasteiger partial charge on any atom is -0.506 e. The van der Waals surface area contributed by atoms with E-state index in [2.05, 4.69) is 10.3 Å². The molecule has 0 heterocycles. The fraction of sp³-hybridized carbons (Fsp3) is 0.500. The topological polar surface area (TPSA) is 61.7 Å². The van der Waals surface area contributed by atoms with Gasteiger partial charge in [-0.15, -0.1) is 0 Å². The lowest BCUT2D eigenvalue weighted by Gasteiger charge is -2.17. The van der Waals surface area contributed by atoms with Crippen molar-refractivity contribution in [1.82, 2.24) is 5.32 Å². The quantitative estimate of drug-likeness (QED) is 0.715. The lowest BCUT2D eigenvalue weighted by atomic mass is 10.1. The summed E-state index contributed by atoms with van der Waals surface area (Å²) < 4.78 is 0. The summed E-state index contributed by atoms with van der Waals surface area (Å²) in [4.78, 5) is 15.7. The van der Waals surface area contributed by atoms with Gasteiger partial charge < -0.3 is 10.4 Å². The summed E-state index contributed by atoms with van der Waals surface area (Å²) in [5, 5.41) is 12.7. The molecule has 16 heavy (non-hydrogen) atoms. The number of allylic oxidation sites excluding steroid dienone is 2. The highest BCUT2D eigenvalue weighted by Gasteiger charge is 2.18. The summed E-state index contributed by atoms with van der Waals surface area (Å²) in [6.45, 7) is 7.73. The number of hydrogen-bond acceptors (Lipinski definition) is 4. The second-order valence-electron chi connectivity index (χ2n) is 4.36. The van der Waals surface area contributed by atoms with Gasteiger partial charge in [0.25, 0.3) is 0 Å². The third-order valence-electron chi connectivity index (χ3n) is 1.92. The molecule has 1 rings (SSSR count). The number of carbonyl (C=O) groups excluding carboxylic acids is 1. The predicted octanol–water partition coefficient (Wildman–Crippen LogP) is 1.74. The van der Waals surface area contributed by atoms with E-state index in [0.717, 1.165) is 0 Å². The van der Waals surface area contributed by atoms with Gasteiger partial charge >= 0.3 is 0 Å². The molecule has 0 aromatic carbocycles. The van der Waals surface area contributed by atoms with Gasteiger partial charge in [0.05, 0.1) is 5.70 Å². The molecule has 0 aliphatic heterocycles. The number of nitrogens with zero attached hydrogens (tertiary/aromatic N) is 1. The number of aliphatic imine (C=N–C) groups is 1. The van der Waals surface area contributed by atoms with E-state index >= 15 is 0 Å². The van der Waals surface area contributed by atoms with Gasteiger partial charge in [-0.25, -0.2) is 0 Å². The van der Waals surface area contributed by atoms with Crippen molar-refractivity contribution in [2.75, 3.05) is 0 Å². The maximum Gasteiger partial charge on any atom is 0.207 e. The first-order chi connectivity index (χ1) is 7.40. The van der Waals surface area contributed by atoms with Gasteiger partial charge in [0, 0.05) is 18.2 Å². The number of hydrogen-bond donors (Lipinski definition) is 2. The van der Waals surface area contributed by atoms with Crippen LogP contribution in [-0.4, -0.2) is 28.7 Å². The number of ketones is 1. The lowest BCUT2D eigenvalue weighted by Crippen LogP contribution is -2.28. The summed E-state index contributed by atoms with van der Waals surface area (Å²) in [5.74, 6) is -0.276. The molecule has 2 N–H and O–H groups in total. The Labute approximate surface area is 95.8 Å². The fourth-order valence-corrected chi connectivity index (χ4v) is 1.36. The highest BCUT2D eigenvalue weighted by molar-refractivity contribution is 6.49. The van der Waals surface area contributed by atoms with Gasteiger partial charge in [-0.1, -0.05) is 0 Å². The Morgan fingerprint density at radius 1 is 1.25 bits per heavy atom. The van der Waals surface area contributed by atoms with Crippen LogP contribution in [0.2, 0.25) is 0 Å². The molecule has 4 nitrogen and oxygen atoms in total. The largest absolute Gasteiger partial charge is 0.506 e. The van der Waals surface area contributed by atoms with Crippen molar-refractivity contribution in [3.05, 3.63) is 23.6 Å². The van der Waals surface area contributed by atoms with Crippen LogP contribution in [-0.2, 0) is 4.79 Å². The highest BCUT2D eigenvalue weighted by Crippen LogP contribution is 2.12. The molecular formula is C12H18N2O2. The molecule has 1 aliphatic carbocycles. The average molecular weight is 222 g/mol. The predicted molar refractivity (Wildman–Crippen MR) is 64.6 cm³/mol. The fourth-order valence-electron chi connectivity index (χ4n) is 1.36. The third-order valence-corrected chi connectivity index (χ3v) is 1.92. The molecule has 0 aromatic rings. The van der Waals surface area contributed by atoms with E-state index in [1.807, 2.05) is 27.7 Å². The van der Waals surface area contributed by atoms with Crippen LogP contribution >= 0.6 is 0 Å². The Bertz CT molecular complexity index is 376. The normalized spacial score (nSPS) is 19.1. The molecule has 0 amide bonds. The first-order valence-electron chi connectivity index (χ1n) is 5.41. The smallest absolute Gasteiger partial charge is 0.207 e. The molecule has 0 spiro atoms. The summed E-state index contributed by atoms with van der Waals surface area (Å²) in [7, 11) is 0. The molecule has 0 radical (unpaired) electrons. The van der Waals surface area contributed by atoms with Gasteiger partial charge in [-0.2, -0.15) is 0 Å². The summed E-state index contributed by atoms with van der Waals surface area (Å²) in [5.41, 5.74) is 0.935. The van der Waals surface area contributed by atoms with Crippen LogP contribution in [0.4, 0.5) is 0 Å². The molecule has 0 aromatic heterocycles. The van der Waals surface area contributed by atoms with Crippen molar-refractivity contribution in [1.29, 1.82) is 0 Å². The van der Waals surface area contributed by atoms with Crippen LogP contribution in [0.1, 0.15) is 27.7 Å². The van der Waals surface area contributed by atoms with E-state index in [-0.39, 0.29) is 23.6 Å². The highest BCUT2D eigenvalue weighted by atomic mass is 16.3. The van der Waals surface area contributed by atoms with Gasteiger partial charge in [0.2, 0.25) is 5.78 Å². The van der Waals surface area contributed by atoms with E-state index in [1.54, 1.807) is 6.08 Å². The van der Waals surface area contributed by atoms with Crippen molar-refractivity contribution >= 4 is 11.5 Å². The lowest BCUT2D eigenvalue weighted by molar-refractivity contribution is -0.109. The monoisotopic (exact) mass is 222 g/mol. The molecule has 0 saturated heterocycles. The van der Waals surface area contributed by atoms with Gasteiger partial charge in [0.15, 0.2) is 0 Å². The zero-order chi connectivity index (χ0) is 12.3. The first-order valence-corrected chi connectivity index (χ1v) is 5.41. The molecule has 0 unspecified atom stereocenters. The maximum absolute atomic E-state index is 11.5. The number of nitrogens with one attached hydrogen (secondary N) is 1. The van der Waals surface area contributed by atoms with Crippen molar-refractivity contribution in [3.8, 4) is 0 Å². The van der Waals surface area contributed by atoms with E-state index in [4.69, 9.17) is 0 Å².